The molecule has 0 fully saturated rings. The Kier molecular flexibility index (Phi) is 2.73. The summed E-state index contributed by atoms with van der Waals surface area (Å²) in [6.45, 7) is 4.21. The number of aromatic nitrogens is 3. The van der Waals surface area contributed by atoms with E-state index in [9.17, 15) is 0 Å². The second kappa shape index (κ2) is 3.76. The van der Waals surface area contributed by atoms with E-state index in [4.69, 9.17) is 11.6 Å². The third-order valence-electron chi connectivity index (χ3n) is 2.42. The predicted molar refractivity (Wildman–Crippen MR) is 65.3 cm³/mol. The maximum atomic E-state index is 6.15. The van der Waals surface area contributed by atoms with Gasteiger partial charge in [-0.25, -0.2) is 9.97 Å². The van der Waals surface area contributed by atoms with Crippen LogP contribution in [0.15, 0.2) is 10.8 Å². The van der Waals surface area contributed by atoms with Gasteiger partial charge in [0.1, 0.15) is 17.1 Å². The molecule has 3 nitrogen and oxygen atoms in total. The fraction of sp³-hybridized carbons (Fsp3) is 0.400. The van der Waals surface area contributed by atoms with Gasteiger partial charge in [-0.15, -0.1) is 0 Å². The largest absolute Gasteiger partial charge is 0.318 e. The number of nitrogens with zero attached hydrogens (tertiary/aromatic N) is 3. The summed E-state index contributed by atoms with van der Waals surface area (Å²) in [5, 5.41) is 1.67. The van der Waals surface area contributed by atoms with Gasteiger partial charge in [0.2, 0.25) is 0 Å². The first-order chi connectivity index (χ1) is 7.04. The number of rotatable bonds is 1. The van der Waals surface area contributed by atoms with Crippen molar-refractivity contribution in [1.82, 2.24) is 14.5 Å². The Morgan fingerprint density at radius 1 is 1.40 bits per heavy atom. The molecule has 0 aromatic carbocycles. The number of fused-ring (bicyclic) bond motifs is 1. The smallest absolute Gasteiger partial charge is 0.145 e. The second-order valence-electron chi connectivity index (χ2n) is 3.78. The molecule has 0 amide bonds. The third kappa shape index (κ3) is 1.56. The highest BCUT2D eigenvalue weighted by molar-refractivity contribution is 9.10. The lowest BCUT2D eigenvalue weighted by Crippen LogP contribution is -1.96. The average Bonchev–Trinajstić information content (AvgIpc) is 2.44. The molecule has 0 atom stereocenters. The number of hydrogen-bond acceptors (Lipinski definition) is 2. The minimum absolute atomic E-state index is 0.352. The Hall–Kier alpha value is -0.610. The van der Waals surface area contributed by atoms with Crippen LogP contribution in [0.1, 0.15) is 25.5 Å². The normalized spacial score (nSPS) is 11.6. The van der Waals surface area contributed by atoms with Gasteiger partial charge in [0.25, 0.3) is 0 Å². The van der Waals surface area contributed by atoms with E-state index < -0.39 is 0 Å². The van der Waals surface area contributed by atoms with E-state index in [1.165, 1.54) is 0 Å². The van der Waals surface area contributed by atoms with Crippen LogP contribution in [0.4, 0.5) is 0 Å². The molecule has 0 bridgehead atoms. The molecule has 2 heterocycles. The summed E-state index contributed by atoms with van der Waals surface area (Å²) in [6.07, 6.45) is 1.58. The van der Waals surface area contributed by atoms with E-state index in [2.05, 4.69) is 39.7 Å². The molecule has 0 unspecified atom stereocenters. The van der Waals surface area contributed by atoms with Gasteiger partial charge in [-0.2, -0.15) is 0 Å². The van der Waals surface area contributed by atoms with Crippen molar-refractivity contribution in [2.75, 3.05) is 0 Å². The minimum atomic E-state index is 0.352. The second-order valence-corrected chi connectivity index (χ2v) is 4.93. The summed E-state index contributed by atoms with van der Waals surface area (Å²) in [5.74, 6) is 0.352. The zero-order valence-corrected chi connectivity index (χ0v) is 11.1. The van der Waals surface area contributed by atoms with Crippen molar-refractivity contribution in [3.63, 3.8) is 0 Å². The van der Waals surface area contributed by atoms with E-state index in [0.717, 1.165) is 21.2 Å². The Balaban J connectivity index is 2.92. The first-order valence-corrected chi connectivity index (χ1v) is 5.85. The summed E-state index contributed by atoms with van der Waals surface area (Å²) >= 11 is 9.63. The van der Waals surface area contributed by atoms with Crippen molar-refractivity contribution < 1.29 is 0 Å². The highest BCUT2D eigenvalue weighted by Crippen LogP contribution is 2.36. The van der Waals surface area contributed by atoms with Gasteiger partial charge >= 0.3 is 0 Å². The van der Waals surface area contributed by atoms with E-state index in [1.54, 1.807) is 6.33 Å². The quantitative estimate of drug-likeness (QED) is 0.804. The van der Waals surface area contributed by atoms with Gasteiger partial charge in [0, 0.05) is 7.05 Å². The molecule has 15 heavy (non-hydrogen) atoms. The Bertz CT molecular complexity index is 519. The monoisotopic (exact) mass is 287 g/mol. The van der Waals surface area contributed by atoms with Crippen LogP contribution in [0.5, 0.6) is 0 Å². The SMILES string of the molecule is CC(C)c1ncnc2c1c(Br)c(Cl)n2C. The fourth-order valence-electron chi connectivity index (χ4n) is 1.64. The summed E-state index contributed by atoms with van der Waals surface area (Å²) in [5.41, 5.74) is 1.89. The molecule has 0 saturated carbocycles. The van der Waals surface area contributed by atoms with Crippen LogP contribution in [-0.2, 0) is 7.05 Å². The zero-order valence-electron chi connectivity index (χ0n) is 8.75. The van der Waals surface area contributed by atoms with Gasteiger partial charge < -0.3 is 4.57 Å². The van der Waals surface area contributed by atoms with Crippen molar-refractivity contribution in [1.29, 1.82) is 0 Å². The summed E-state index contributed by atoms with van der Waals surface area (Å²) < 4.78 is 2.74. The lowest BCUT2D eigenvalue weighted by molar-refractivity contribution is 0.825. The van der Waals surface area contributed by atoms with E-state index in [1.807, 2.05) is 11.6 Å². The maximum absolute atomic E-state index is 6.15. The molecular weight excluding hydrogens is 277 g/mol. The molecule has 0 aliphatic heterocycles. The van der Waals surface area contributed by atoms with Gasteiger partial charge in [0.05, 0.1) is 15.6 Å². The van der Waals surface area contributed by atoms with Crippen molar-refractivity contribution in [2.24, 2.45) is 7.05 Å². The molecule has 0 N–H and O–H groups in total. The highest BCUT2D eigenvalue weighted by atomic mass is 79.9. The first-order valence-electron chi connectivity index (χ1n) is 4.68. The van der Waals surface area contributed by atoms with Crippen molar-refractivity contribution in [3.8, 4) is 0 Å². The molecular formula is C10H11BrClN3. The lowest BCUT2D eigenvalue weighted by atomic mass is 10.1. The number of aryl methyl sites for hydroxylation is 1. The average molecular weight is 289 g/mol. The zero-order chi connectivity index (χ0) is 11.2. The number of hydrogen-bond donors (Lipinski definition) is 0. The minimum Gasteiger partial charge on any atom is -0.318 e. The highest BCUT2D eigenvalue weighted by Gasteiger charge is 2.17. The van der Waals surface area contributed by atoms with E-state index >= 15 is 0 Å². The van der Waals surface area contributed by atoms with Crippen LogP contribution in [0.3, 0.4) is 0 Å². The predicted octanol–water partition coefficient (Wildman–Crippen LogP) is 3.51. The van der Waals surface area contributed by atoms with Gasteiger partial charge in [-0.3, -0.25) is 0 Å². The van der Waals surface area contributed by atoms with Crippen LogP contribution >= 0.6 is 27.5 Å². The maximum Gasteiger partial charge on any atom is 0.145 e. The Morgan fingerprint density at radius 3 is 2.67 bits per heavy atom. The Labute approximate surface area is 102 Å². The molecule has 0 spiro atoms. The van der Waals surface area contributed by atoms with E-state index in [0.29, 0.717) is 11.1 Å². The molecule has 5 heteroatoms. The molecule has 2 rings (SSSR count). The molecule has 0 radical (unpaired) electrons. The summed E-state index contributed by atoms with van der Waals surface area (Å²) in [4.78, 5) is 8.55. The van der Waals surface area contributed by atoms with Gasteiger partial charge in [-0.1, -0.05) is 25.4 Å². The van der Waals surface area contributed by atoms with Crippen LogP contribution in [0.25, 0.3) is 11.0 Å². The lowest BCUT2D eigenvalue weighted by Gasteiger charge is -2.05. The molecule has 0 aliphatic rings. The van der Waals surface area contributed by atoms with Crippen LogP contribution in [0, 0.1) is 0 Å². The molecule has 80 valence electrons. The molecule has 2 aromatic rings. The molecule has 0 saturated heterocycles. The number of halogens is 2. The van der Waals surface area contributed by atoms with E-state index in [-0.39, 0.29) is 0 Å². The van der Waals surface area contributed by atoms with Crippen molar-refractivity contribution >= 4 is 38.6 Å². The van der Waals surface area contributed by atoms with Crippen LogP contribution < -0.4 is 0 Å². The summed E-state index contributed by atoms with van der Waals surface area (Å²) in [7, 11) is 1.90. The van der Waals surface area contributed by atoms with Crippen LogP contribution in [0.2, 0.25) is 5.15 Å². The topological polar surface area (TPSA) is 30.7 Å². The summed E-state index contributed by atoms with van der Waals surface area (Å²) in [6, 6.07) is 0. The molecule has 0 aliphatic carbocycles. The van der Waals surface area contributed by atoms with Crippen molar-refractivity contribution in [3.05, 3.63) is 21.6 Å². The standard InChI is InChI=1S/C10H11BrClN3/c1-5(2)8-6-7(11)9(12)15(3)10(6)14-4-13-8/h4-5H,1-3H3. The van der Waals surface area contributed by atoms with Crippen LogP contribution in [-0.4, -0.2) is 14.5 Å². The van der Waals surface area contributed by atoms with Gasteiger partial charge in [-0.05, 0) is 21.8 Å². The molecule has 2 aromatic heterocycles. The van der Waals surface area contributed by atoms with Gasteiger partial charge in [0.15, 0.2) is 0 Å². The first kappa shape index (κ1) is 10.9. The van der Waals surface area contributed by atoms with Crippen molar-refractivity contribution in [2.45, 2.75) is 19.8 Å². The third-order valence-corrected chi connectivity index (χ3v) is 3.86. The fourth-order valence-corrected chi connectivity index (χ4v) is 2.46. The Morgan fingerprint density at radius 2 is 2.07 bits per heavy atom.